The van der Waals surface area contributed by atoms with Crippen molar-refractivity contribution in [3.63, 3.8) is 0 Å². The molecule has 0 fully saturated rings. The molecule has 0 unspecified atom stereocenters. The highest BCUT2D eigenvalue weighted by Gasteiger charge is 2.18. The van der Waals surface area contributed by atoms with Crippen LogP contribution in [0, 0.1) is 12.7 Å². The molecule has 3 aromatic rings. The molecule has 0 atom stereocenters. The van der Waals surface area contributed by atoms with Crippen LogP contribution >= 0.6 is 11.3 Å². The van der Waals surface area contributed by atoms with Crippen LogP contribution in [0.25, 0.3) is 10.6 Å². The zero-order chi connectivity index (χ0) is 19.2. The van der Waals surface area contributed by atoms with Gasteiger partial charge in [-0.1, -0.05) is 17.4 Å². The van der Waals surface area contributed by atoms with Gasteiger partial charge in [0.25, 0.3) is 0 Å². The average Bonchev–Trinajstić information content (AvgIpc) is 3.32. The van der Waals surface area contributed by atoms with Gasteiger partial charge in [-0.2, -0.15) is 0 Å². The van der Waals surface area contributed by atoms with E-state index < -0.39 is 0 Å². The van der Waals surface area contributed by atoms with E-state index in [1.54, 1.807) is 36.5 Å². The lowest BCUT2D eigenvalue weighted by Crippen LogP contribution is -2.36. The number of methoxy groups -OCH3 is 1. The number of anilines is 1. The van der Waals surface area contributed by atoms with Gasteiger partial charge in [-0.15, -0.1) is 10.2 Å². The molecule has 0 saturated heterocycles. The van der Waals surface area contributed by atoms with Gasteiger partial charge in [-0.05, 0) is 36.8 Å². The van der Waals surface area contributed by atoms with E-state index in [2.05, 4.69) is 15.5 Å². The Morgan fingerprint density at radius 2 is 2.22 bits per heavy atom. The van der Waals surface area contributed by atoms with Crippen LogP contribution in [0.5, 0.6) is 0 Å². The molecule has 3 rings (SSSR count). The van der Waals surface area contributed by atoms with Crippen molar-refractivity contribution in [3.8, 4) is 10.6 Å². The van der Waals surface area contributed by atoms with Crippen molar-refractivity contribution >= 4 is 22.5 Å². The highest BCUT2D eigenvalue weighted by Crippen LogP contribution is 2.29. The molecule has 1 aromatic carbocycles. The Bertz CT molecular complexity index is 898. The third-order valence-electron chi connectivity index (χ3n) is 3.85. The molecule has 7 nitrogen and oxygen atoms in total. The number of urea groups is 1. The molecule has 0 bridgehead atoms. The summed E-state index contributed by atoms with van der Waals surface area (Å²) >= 11 is 1.18. The lowest BCUT2D eigenvalue weighted by molar-refractivity contribution is 0.149. The van der Waals surface area contributed by atoms with E-state index in [0.29, 0.717) is 41.2 Å². The number of rotatable bonds is 7. The molecule has 142 valence electrons. The molecule has 0 saturated carbocycles. The van der Waals surface area contributed by atoms with E-state index >= 15 is 0 Å². The number of benzene rings is 1. The quantitative estimate of drug-likeness (QED) is 0.661. The standard InChI is InChI=1S/C18H19FN4O3S/c1-12-5-6-13(19)10-15(12)16-21-22-17(27-16)20-18(24)23(7-9-25-2)11-14-4-3-8-26-14/h3-6,8,10H,7,9,11H2,1-2H3,(H,20,22,24). The maximum absolute atomic E-state index is 13.5. The maximum Gasteiger partial charge on any atom is 0.324 e. The third kappa shape index (κ3) is 4.89. The second-order valence-electron chi connectivity index (χ2n) is 5.80. The van der Waals surface area contributed by atoms with Gasteiger partial charge in [0, 0.05) is 19.2 Å². The molecule has 9 heteroatoms. The molecule has 1 N–H and O–H groups in total. The summed E-state index contributed by atoms with van der Waals surface area (Å²) in [6, 6.07) is 7.69. The molecule has 0 spiro atoms. The second-order valence-corrected chi connectivity index (χ2v) is 6.77. The largest absolute Gasteiger partial charge is 0.467 e. The van der Waals surface area contributed by atoms with E-state index in [1.165, 1.54) is 23.5 Å². The molecule has 0 radical (unpaired) electrons. The van der Waals surface area contributed by atoms with Crippen LogP contribution in [0.15, 0.2) is 41.0 Å². The number of halogens is 1. The van der Waals surface area contributed by atoms with Crippen molar-refractivity contribution in [1.29, 1.82) is 0 Å². The fourth-order valence-corrected chi connectivity index (χ4v) is 3.24. The summed E-state index contributed by atoms with van der Waals surface area (Å²) in [7, 11) is 1.57. The maximum atomic E-state index is 13.5. The van der Waals surface area contributed by atoms with E-state index in [0.717, 1.165) is 5.56 Å². The van der Waals surface area contributed by atoms with Crippen molar-refractivity contribution in [2.45, 2.75) is 13.5 Å². The molecular weight excluding hydrogens is 371 g/mol. The molecular formula is C18H19FN4O3S. The van der Waals surface area contributed by atoms with Crippen LogP contribution in [0.3, 0.4) is 0 Å². The summed E-state index contributed by atoms with van der Waals surface area (Å²) < 4.78 is 23.9. The van der Waals surface area contributed by atoms with Gasteiger partial charge in [-0.3, -0.25) is 5.32 Å². The number of carbonyl (C=O) groups is 1. The number of furan rings is 1. The van der Waals surface area contributed by atoms with Gasteiger partial charge >= 0.3 is 6.03 Å². The van der Waals surface area contributed by atoms with Crippen molar-refractivity contribution in [3.05, 3.63) is 53.7 Å². The predicted octanol–water partition coefficient (Wildman–Crippen LogP) is 3.93. The van der Waals surface area contributed by atoms with Gasteiger partial charge in [0.05, 0.1) is 19.4 Å². The minimum Gasteiger partial charge on any atom is -0.467 e. The summed E-state index contributed by atoms with van der Waals surface area (Å²) in [6.07, 6.45) is 1.56. The highest BCUT2D eigenvalue weighted by molar-refractivity contribution is 7.18. The zero-order valence-electron chi connectivity index (χ0n) is 14.9. The second kappa shape index (κ2) is 8.74. The van der Waals surface area contributed by atoms with Crippen LogP contribution in [0.1, 0.15) is 11.3 Å². The molecule has 2 amide bonds. The summed E-state index contributed by atoms with van der Waals surface area (Å²) in [5.41, 5.74) is 1.53. The Morgan fingerprint density at radius 1 is 1.37 bits per heavy atom. The summed E-state index contributed by atoms with van der Waals surface area (Å²) in [5, 5.41) is 11.7. The summed E-state index contributed by atoms with van der Waals surface area (Å²) in [6.45, 7) is 2.94. The first-order valence-electron chi connectivity index (χ1n) is 8.24. The van der Waals surface area contributed by atoms with Crippen LogP contribution in [-0.2, 0) is 11.3 Å². The van der Waals surface area contributed by atoms with E-state index in [-0.39, 0.29) is 11.8 Å². The van der Waals surface area contributed by atoms with Crippen molar-refractivity contribution in [2.24, 2.45) is 0 Å². The Balaban J connectivity index is 1.72. The lowest BCUT2D eigenvalue weighted by Gasteiger charge is -2.20. The Labute approximate surface area is 159 Å². The number of hydrogen-bond donors (Lipinski definition) is 1. The van der Waals surface area contributed by atoms with Gasteiger partial charge in [-0.25, -0.2) is 9.18 Å². The fourth-order valence-electron chi connectivity index (χ4n) is 2.42. The minimum atomic E-state index is -0.347. The number of aromatic nitrogens is 2. The molecule has 2 aromatic heterocycles. The van der Waals surface area contributed by atoms with Crippen molar-refractivity contribution < 1.29 is 18.3 Å². The van der Waals surface area contributed by atoms with Crippen LogP contribution in [-0.4, -0.2) is 41.4 Å². The number of aryl methyl sites for hydroxylation is 1. The highest BCUT2D eigenvalue weighted by atomic mass is 32.1. The summed E-state index contributed by atoms with van der Waals surface area (Å²) in [5.74, 6) is 0.315. The topological polar surface area (TPSA) is 80.5 Å². The van der Waals surface area contributed by atoms with Crippen molar-refractivity contribution in [1.82, 2.24) is 15.1 Å². The zero-order valence-corrected chi connectivity index (χ0v) is 15.8. The normalized spacial score (nSPS) is 10.8. The summed E-state index contributed by atoms with van der Waals surface area (Å²) in [4.78, 5) is 14.2. The molecule has 0 aliphatic heterocycles. The first-order valence-corrected chi connectivity index (χ1v) is 9.05. The Kier molecular flexibility index (Phi) is 6.15. The predicted molar refractivity (Wildman–Crippen MR) is 100 cm³/mol. The van der Waals surface area contributed by atoms with Gasteiger partial charge in [0.2, 0.25) is 5.13 Å². The molecule has 27 heavy (non-hydrogen) atoms. The number of carbonyl (C=O) groups excluding carboxylic acids is 1. The van der Waals surface area contributed by atoms with Gasteiger partial charge < -0.3 is 14.1 Å². The van der Waals surface area contributed by atoms with Crippen LogP contribution in [0.2, 0.25) is 0 Å². The molecule has 0 aliphatic rings. The van der Waals surface area contributed by atoms with Gasteiger partial charge in [0.1, 0.15) is 16.6 Å². The smallest absolute Gasteiger partial charge is 0.324 e. The Morgan fingerprint density at radius 3 is 2.96 bits per heavy atom. The van der Waals surface area contributed by atoms with E-state index in [1.807, 2.05) is 6.92 Å². The Hall–Kier alpha value is -2.78. The number of nitrogens with one attached hydrogen (secondary N) is 1. The minimum absolute atomic E-state index is 0.302. The average molecular weight is 390 g/mol. The number of ether oxygens (including phenoxy) is 1. The number of hydrogen-bond acceptors (Lipinski definition) is 6. The molecule has 2 heterocycles. The SMILES string of the molecule is COCCN(Cc1ccco1)C(=O)Nc1nnc(-c2cc(F)ccc2C)s1. The lowest BCUT2D eigenvalue weighted by atomic mass is 10.1. The van der Waals surface area contributed by atoms with Crippen LogP contribution < -0.4 is 5.32 Å². The van der Waals surface area contributed by atoms with Gasteiger partial charge in [0.15, 0.2) is 0 Å². The number of amides is 2. The van der Waals surface area contributed by atoms with E-state index in [9.17, 15) is 9.18 Å². The fraction of sp³-hybridized carbons (Fsp3) is 0.278. The van der Waals surface area contributed by atoms with Crippen LogP contribution in [0.4, 0.5) is 14.3 Å². The monoisotopic (exact) mass is 390 g/mol. The third-order valence-corrected chi connectivity index (χ3v) is 4.72. The number of nitrogens with zero attached hydrogens (tertiary/aromatic N) is 3. The first kappa shape index (κ1) is 19.0. The first-order chi connectivity index (χ1) is 13.1. The van der Waals surface area contributed by atoms with Crippen molar-refractivity contribution in [2.75, 3.05) is 25.6 Å². The molecule has 0 aliphatic carbocycles. The van der Waals surface area contributed by atoms with E-state index in [4.69, 9.17) is 9.15 Å².